The molecule has 3 rings (SSSR count). The molecule has 0 spiro atoms. The van der Waals surface area contributed by atoms with E-state index in [0.717, 1.165) is 21.3 Å². The number of thiophene rings is 1. The summed E-state index contributed by atoms with van der Waals surface area (Å²) < 4.78 is 2.88. The molecule has 1 aromatic carbocycles. The minimum atomic E-state index is 0.188. The first-order valence-corrected chi connectivity index (χ1v) is 7.28. The molecule has 2 aromatic heterocycles. The van der Waals surface area contributed by atoms with Crippen LogP contribution < -0.4 is 5.32 Å². The van der Waals surface area contributed by atoms with Gasteiger partial charge in [-0.1, -0.05) is 23.7 Å². The Morgan fingerprint density at radius 1 is 1.26 bits per heavy atom. The lowest BCUT2D eigenvalue weighted by molar-refractivity contribution is 0.846. The van der Waals surface area contributed by atoms with Gasteiger partial charge in [0.1, 0.15) is 0 Å². The summed E-state index contributed by atoms with van der Waals surface area (Å²) in [5, 5.41) is 3.43. The Kier molecular flexibility index (Phi) is 3.21. The number of para-hydroxylation sites is 2. The van der Waals surface area contributed by atoms with Crippen molar-refractivity contribution in [3.05, 3.63) is 45.6 Å². The van der Waals surface area contributed by atoms with Gasteiger partial charge in [0.05, 0.1) is 21.4 Å². The smallest absolute Gasteiger partial charge is 0.204 e. The highest BCUT2D eigenvalue weighted by atomic mass is 35.5. The van der Waals surface area contributed by atoms with Crippen molar-refractivity contribution in [3.8, 4) is 0 Å². The van der Waals surface area contributed by atoms with E-state index < -0.39 is 0 Å². The number of imidazole rings is 1. The van der Waals surface area contributed by atoms with E-state index in [9.17, 15) is 0 Å². The van der Waals surface area contributed by atoms with E-state index in [1.807, 2.05) is 37.4 Å². The average Bonchev–Trinajstić information content (AvgIpc) is 2.96. The van der Waals surface area contributed by atoms with Gasteiger partial charge in [-0.25, -0.2) is 4.98 Å². The highest BCUT2D eigenvalue weighted by Crippen LogP contribution is 2.29. The summed E-state index contributed by atoms with van der Waals surface area (Å²) in [5.74, 6) is 0.873. The van der Waals surface area contributed by atoms with Crippen LogP contribution in [-0.2, 0) is 7.05 Å². The Morgan fingerprint density at radius 3 is 2.74 bits per heavy atom. The Morgan fingerprint density at radius 2 is 2.05 bits per heavy atom. The fraction of sp³-hybridized carbons (Fsp3) is 0.214. The topological polar surface area (TPSA) is 29.9 Å². The van der Waals surface area contributed by atoms with Crippen molar-refractivity contribution < 1.29 is 0 Å². The highest BCUT2D eigenvalue weighted by molar-refractivity contribution is 7.16. The number of aromatic nitrogens is 2. The summed E-state index contributed by atoms with van der Waals surface area (Å²) in [5.41, 5.74) is 2.13. The van der Waals surface area contributed by atoms with Crippen molar-refractivity contribution in [2.75, 3.05) is 5.32 Å². The zero-order chi connectivity index (χ0) is 13.4. The molecule has 0 radical (unpaired) electrons. The number of aryl methyl sites for hydroxylation is 1. The molecule has 0 amide bonds. The zero-order valence-corrected chi connectivity index (χ0v) is 12.3. The largest absolute Gasteiger partial charge is 0.348 e. The molecule has 3 nitrogen and oxygen atoms in total. The molecule has 19 heavy (non-hydrogen) atoms. The van der Waals surface area contributed by atoms with E-state index in [2.05, 4.69) is 27.9 Å². The third-order valence-electron chi connectivity index (χ3n) is 3.15. The number of hydrogen-bond acceptors (Lipinski definition) is 3. The third kappa shape index (κ3) is 2.33. The van der Waals surface area contributed by atoms with E-state index >= 15 is 0 Å². The second kappa shape index (κ2) is 4.87. The maximum absolute atomic E-state index is 5.97. The summed E-state index contributed by atoms with van der Waals surface area (Å²) in [6.07, 6.45) is 0. The summed E-state index contributed by atoms with van der Waals surface area (Å²) in [6, 6.07) is 12.3. The molecule has 0 saturated carbocycles. The first-order valence-electron chi connectivity index (χ1n) is 6.08. The van der Waals surface area contributed by atoms with Gasteiger partial charge in [-0.05, 0) is 31.2 Å². The van der Waals surface area contributed by atoms with Gasteiger partial charge in [0, 0.05) is 11.9 Å². The lowest BCUT2D eigenvalue weighted by Gasteiger charge is -2.12. The van der Waals surface area contributed by atoms with Crippen molar-refractivity contribution in [1.29, 1.82) is 0 Å². The van der Waals surface area contributed by atoms with Crippen LogP contribution in [0.5, 0.6) is 0 Å². The molecule has 2 heterocycles. The van der Waals surface area contributed by atoms with Gasteiger partial charge in [0.2, 0.25) is 5.95 Å². The molecule has 0 bridgehead atoms. The van der Waals surface area contributed by atoms with Crippen LogP contribution in [0.1, 0.15) is 17.8 Å². The van der Waals surface area contributed by atoms with Crippen molar-refractivity contribution in [2.24, 2.45) is 7.05 Å². The van der Waals surface area contributed by atoms with Crippen LogP contribution in [-0.4, -0.2) is 9.55 Å². The molecule has 0 aliphatic carbocycles. The number of nitrogens with one attached hydrogen (secondary N) is 1. The number of anilines is 1. The van der Waals surface area contributed by atoms with Crippen molar-refractivity contribution in [2.45, 2.75) is 13.0 Å². The number of rotatable bonds is 3. The van der Waals surface area contributed by atoms with Gasteiger partial charge in [-0.15, -0.1) is 11.3 Å². The van der Waals surface area contributed by atoms with E-state index in [1.165, 1.54) is 4.88 Å². The molecule has 0 fully saturated rings. The normalized spacial score (nSPS) is 12.8. The van der Waals surface area contributed by atoms with Crippen LogP contribution >= 0.6 is 22.9 Å². The monoisotopic (exact) mass is 291 g/mol. The predicted octanol–water partition coefficient (Wildman–Crippen LogP) is 4.46. The molecule has 1 N–H and O–H groups in total. The molecule has 3 aromatic rings. The van der Waals surface area contributed by atoms with Crippen LogP contribution in [0.2, 0.25) is 4.34 Å². The lowest BCUT2D eigenvalue weighted by Crippen LogP contribution is -2.09. The Bertz CT molecular complexity index is 716. The molecule has 98 valence electrons. The minimum absolute atomic E-state index is 0.188. The minimum Gasteiger partial charge on any atom is -0.348 e. The number of hydrogen-bond donors (Lipinski definition) is 1. The molecule has 1 atom stereocenters. The van der Waals surface area contributed by atoms with Crippen molar-refractivity contribution >= 4 is 39.9 Å². The van der Waals surface area contributed by atoms with Crippen LogP contribution in [0, 0.1) is 0 Å². The zero-order valence-electron chi connectivity index (χ0n) is 10.7. The molecule has 1 unspecified atom stereocenters. The SMILES string of the molecule is CC(Nc1nc2ccccc2n1C)c1ccc(Cl)s1. The quantitative estimate of drug-likeness (QED) is 0.772. The maximum atomic E-state index is 5.97. The number of fused-ring (bicyclic) bond motifs is 1. The van der Waals surface area contributed by atoms with Crippen LogP contribution in [0.4, 0.5) is 5.95 Å². The van der Waals surface area contributed by atoms with E-state index in [4.69, 9.17) is 11.6 Å². The number of benzene rings is 1. The molecular weight excluding hydrogens is 278 g/mol. The van der Waals surface area contributed by atoms with E-state index in [1.54, 1.807) is 11.3 Å². The van der Waals surface area contributed by atoms with Gasteiger partial charge in [-0.3, -0.25) is 0 Å². The van der Waals surface area contributed by atoms with E-state index in [0.29, 0.717) is 0 Å². The third-order valence-corrected chi connectivity index (χ3v) is 4.57. The number of halogens is 1. The van der Waals surface area contributed by atoms with Crippen LogP contribution in [0.25, 0.3) is 11.0 Å². The second-order valence-electron chi connectivity index (χ2n) is 4.49. The van der Waals surface area contributed by atoms with Gasteiger partial charge in [0.15, 0.2) is 0 Å². The Hall–Kier alpha value is -1.52. The van der Waals surface area contributed by atoms with Gasteiger partial charge < -0.3 is 9.88 Å². The maximum Gasteiger partial charge on any atom is 0.204 e. The average molecular weight is 292 g/mol. The molecule has 5 heteroatoms. The molecule has 0 aliphatic heterocycles. The summed E-state index contributed by atoms with van der Waals surface area (Å²) in [6.45, 7) is 2.11. The van der Waals surface area contributed by atoms with Crippen LogP contribution in [0.15, 0.2) is 36.4 Å². The van der Waals surface area contributed by atoms with Gasteiger partial charge in [-0.2, -0.15) is 0 Å². The Labute approximate surface area is 120 Å². The van der Waals surface area contributed by atoms with Gasteiger partial charge >= 0.3 is 0 Å². The Balaban J connectivity index is 1.91. The first kappa shape index (κ1) is 12.5. The first-order chi connectivity index (χ1) is 9.15. The summed E-state index contributed by atoms with van der Waals surface area (Å²) in [7, 11) is 2.02. The van der Waals surface area contributed by atoms with Crippen LogP contribution in [0.3, 0.4) is 0 Å². The second-order valence-corrected chi connectivity index (χ2v) is 6.24. The van der Waals surface area contributed by atoms with Gasteiger partial charge in [0.25, 0.3) is 0 Å². The predicted molar refractivity (Wildman–Crippen MR) is 82.1 cm³/mol. The standard InChI is InChI=1S/C14H14ClN3S/c1-9(12-7-8-13(15)19-12)16-14-17-10-5-3-4-6-11(10)18(14)2/h3-9H,1-2H3,(H,16,17). The lowest BCUT2D eigenvalue weighted by atomic mass is 10.3. The summed E-state index contributed by atoms with van der Waals surface area (Å²) >= 11 is 7.57. The highest BCUT2D eigenvalue weighted by Gasteiger charge is 2.12. The molecule has 0 saturated heterocycles. The summed E-state index contributed by atoms with van der Waals surface area (Å²) in [4.78, 5) is 5.81. The van der Waals surface area contributed by atoms with Crippen molar-refractivity contribution in [3.63, 3.8) is 0 Å². The fourth-order valence-corrected chi connectivity index (χ4v) is 3.16. The number of nitrogens with zero attached hydrogens (tertiary/aromatic N) is 2. The molecular formula is C14H14ClN3S. The van der Waals surface area contributed by atoms with Crippen molar-refractivity contribution in [1.82, 2.24) is 9.55 Å². The molecule has 0 aliphatic rings. The van der Waals surface area contributed by atoms with E-state index in [-0.39, 0.29) is 6.04 Å². The fourth-order valence-electron chi connectivity index (χ4n) is 2.10.